The summed E-state index contributed by atoms with van der Waals surface area (Å²) in [6.07, 6.45) is 1.26. The van der Waals surface area contributed by atoms with Crippen LogP contribution in [0.3, 0.4) is 0 Å². The molecule has 0 aliphatic rings. The van der Waals surface area contributed by atoms with E-state index in [4.69, 9.17) is 5.11 Å². The molecule has 0 unspecified atom stereocenters. The van der Waals surface area contributed by atoms with Crippen LogP contribution >= 0.6 is 0 Å². The van der Waals surface area contributed by atoms with Crippen molar-refractivity contribution >= 4 is 39.5 Å². The first-order valence-electron chi connectivity index (χ1n) is 9.66. The van der Waals surface area contributed by atoms with Crippen molar-refractivity contribution in [3.05, 3.63) is 100 Å². The number of anilines is 1. The summed E-state index contributed by atoms with van der Waals surface area (Å²) in [4.78, 5) is 33.4. The summed E-state index contributed by atoms with van der Waals surface area (Å²) in [7, 11) is -4.49. The van der Waals surface area contributed by atoms with Crippen LogP contribution in [0.1, 0.15) is 15.9 Å². The van der Waals surface area contributed by atoms with Crippen molar-refractivity contribution in [1.82, 2.24) is 5.43 Å². The van der Waals surface area contributed by atoms with E-state index in [1.165, 1.54) is 54.7 Å². The molecule has 0 heterocycles. The van der Waals surface area contributed by atoms with Crippen molar-refractivity contribution in [3.63, 3.8) is 0 Å². The molecule has 0 saturated heterocycles. The zero-order valence-corrected chi connectivity index (χ0v) is 18.3. The number of carbonyl (C=O) groups excluding carboxylic acids is 1. The van der Waals surface area contributed by atoms with Gasteiger partial charge in [-0.1, -0.05) is 42.5 Å². The van der Waals surface area contributed by atoms with Gasteiger partial charge in [-0.25, -0.2) is 18.6 Å². The van der Waals surface area contributed by atoms with Gasteiger partial charge in [0.15, 0.2) is 4.90 Å². The molecule has 34 heavy (non-hydrogen) atoms. The van der Waals surface area contributed by atoms with Crippen molar-refractivity contribution in [3.8, 4) is 0 Å². The fourth-order valence-electron chi connectivity index (χ4n) is 2.91. The van der Waals surface area contributed by atoms with Crippen LogP contribution in [0.5, 0.6) is 0 Å². The van der Waals surface area contributed by atoms with Gasteiger partial charge in [0.05, 0.1) is 22.4 Å². The summed E-state index contributed by atoms with van der Waals surface area (Å²) in [6.45, 7) is -0.701. The van der Waals surface area contributed by atoms with Gasteiger partial charge in [-0.05, 0) is 35.9 Å². The Labute approximate surface area is 194 Å². The molecule has 0 spiro atoms. The number of hydrazone groups is 1. The molecule has 3 rings (SSSR count). The van der Waals surface area contributed by atoms with Crippen molar-refractivity contribution in [2.45, 2.75) is 4.90 Å². The number of hydrogen-bond donors (Lipinski definition) is 2. The van der Waals surface area contributed by atoms with Gasteiger partial charge in [-0.2, -0.15) is 5.10 Å². The Morgan fingerprint density at radius 3 is 2.24 bits per heavy atom. The average molecular weight is 482 g/mol. The number of rotatable bonds is 9. The second-order valence-electron chi connectivity index (χ2n) is 6.79. The van der Waals surface area contributed by atoms with Gasteiger partial charge in [-0.3, -0.25) is 19.2 Å². The Bertz CT molecular complexity index is 1340. The molecule has 0 saturated carbocycles. The van der Waals surface area contributed by atoms with Crippen LogP contribution < -0.4 is 9.73 Å². The molecule has 1 amide bonds. The number of nitrogens with zero attached hydrogens (tertiary/aromatic N) is 3. The van der Waals surface area contributed by atoms with Crippen LogP contribution in [0.2, 0.25) is 0 Å². The Morgan fingerprint density at radius 1 is 1.00 bits per heavy atom. The molecule has 0 fully saturated rings. The highest BCUT2D eigenvalue weighted by Gasteiger charge is 2.33. The monoisotopic (exact) mass is 482 g/mol. The highest BCUT2D eigenvalue weighted by molar-refractivity contribution is 7.93. The summed E-state index contributed by atoms with van der Waals surface area (Å²) in [6, 6.07) is 18.2. The maximum Gasteiger partial charge on any atom is 0.335 e. The Morgan fingerprint density at radius 2 is 1.62 bits per heavy atom. The fourth-order valence-corrected chi connectivity index (χ4v) is 4.49. The van der Waals surface area contributed by atoms with Gasteiger partial charge in [0.25, 0.3) is 21.6 Å². The molecule has 11 nitrogen and oxygen atoms in total. The summed E-state index contributed by atoms with van der Waals surface area (Å²) < 4.78 is 27.4. The van der Waals surface area contributed by atoms with Gasteiger partial charge in [-0.15, -0.1) is 0 Å². The first-order chi connectivity index (χ1) is 16.2. The smallest absolute Gasteiger partial charge is 0.335 e. The number of carboxylic acid groups (broad SMARTS) is 1. The van der Waals surface area contributed by atoms with Gasteiger partial charge < -0.3 is 5.11 Å². The highest BCUT2D eigenvalue weighted by atomic mass is 32.2. The van der Waals surface area contributed by atoms with Crippen molar-refractivity contribution in [1.29, 1.82) is 0 Å². The third kappa shape index (κ3) is 5.61. The van der Waals surface area contributed by atoms with Crippen LogP contribution in [0.4, 0.5) is 11.4 Å². The lowest BCUT2D eigenvalue weighted by atomic mass is 10.1. The largest absolute Gasteiger partial charge is 0.478 e. The number of sulfonamides is 1. The van der Waals surface area contributed by atoms with E-state index in [0.29, 0.717) is 5.56 Å². The molecule has 3 aromatic carbocycles. The Hall–Kier alpha value is -4.58. The maximum absolute atomic E-state index is 13.3. The number of carboxylic acids is 1. The normalized spacial score (nSPS) is 11.2. The van der Waals surface area contributed by atoms with E-state index in [1.807, 2.05) is 0 Å². The highest BCUT2D eigenvalue weighted by Crippen LogP contribution is 2.29. The number of aromatic carboxylic acids is 1. The minimum Gasteiger partial charge on any atom is -0.478 e. The number of nitrogens with one attached hydrogen (secondary N) is 1. The van der Waals surface area contributed by atoms with Crippen molar-refractivity contribution in [2.75, 3.05) is 10.8 Å². The minimum atomic E-state index is -4.49. The lowest BCUT2D eigenvalue weighted by Gasteiger charge is -2.23. The Balaban J connectivity index is 1.84. The van der Waals surface area contributed by atoms with E-state index in [1.54, 1.807) is 18.2 Å². The molecule has 0 aliphatic carbocycles. The summed E-state index contributed by atoms with van der Waals surface area (Å²) >= 11 is 0. The topological polar surface area (TPSA) is 159 Å². The molecule has 0 atom stereocenters. The first-order valence-corrected chi connectivity index (χ1v) is 11.1. The number of hydrogen-bond acceptors (Lipinski definition) is 7. The molecule has 0 aliphatic heterocycles. The molecule has 2 N–H and O–H groups in total. The van der Waals surface area contributed by atoms with Crippen molar-refractivity contribution < 1.29 is 28.0 Å². The zero-order chi connectivity index (χ0) is 24.7. The molecule has 0 radical (unpaired) electrons. The molecule has 12 heteroatoms. The van der Waals surface area contributed by atoms with E-state index in [9.17, 15) is 28.1 Å². The molecule has 3 aromatic rings. The van der Waals surface area contributed by atoms with Crippen LogP contribution in [-0.4, -0.2) is 43.1 Å². The number of nitro benzene ring substituents is 1. The molecule has 0 aromatic heterocycles. The minimum absolute atomic E-state index is 0.0832. The van der Waals surface area contributed by atoms with Crippen LogP contribution in [0.15, 0.2) is 88.9 Å². The quantitative estimate of drug-likeness (QED) is 0.269. The van der Waals surface area contributed by atoms with Gasteiger partial charge in [0, 0.05) is 6.07 Å². The van der Waals surface area contributed by atoms with E-state index in [-0.39, 0.29) is 11.3 Å². The molecule has 174 valence electrons. The van der Waals surface area contributed by atoms with Gasteiger partial charge in [0.1, 0.15) is 6.54 Å². The predicted molar refractivity (Wildman–Crippen MR) is 123 cm³/mol. The van der Waals surface area contributed by atoms with E-state index in [0.717, 1.165) is 16.4 Å². The summed E-state index contributed by atoms with van der Waals surface area (Å²) in [5.74, 6) is -1.89. The Kier molecular flexibility index (Phi) is 7.33. The van der Waals surface area contributed by atoms with Crippen LogP contribution in [0.25, 0.3) is 0 Å². The number of para-hydroxylation sites is 2. The maximum atomic E-state index is 13.3. The second kappa shape index (κ2) is 10.4. The number of benzene rings is 3. The van der Waals surface area contributed by atoms with Crippen molar-refractivity contribution in [2.24, 2.45) is 5.10 Å². The SMILES string of the molecule is O=C(CN(c1ccccc1)S(=O)(=O)c1ccccc1[N+](=O)[O-])N/N=C/c1ccc(C(=O)O)cc1. The predicted octanol–water partition coefficient (Wildman–Crippen LogP) is 2.64. The van der Waals surface area contributed by atoms with Gasteiger partial charge in [0.2, 0.25) is 0 Å². The lowest BCUT2D eigenvalue weighted by molar-refractivity contribution is -0.387. The van der Waals surface area contributed by atoms with E-state index < -0.39 is 44.0 Å². The molecular weight excluding hydrogens is 464 g/mol. The summed E-state index contributed by atoms with van der Waals surface area (Å²) in [5.41, 5.74) is 2.29. The number of amides is 1. The van der Waals surface area contributed by atoms with Gasteiger partial charge >= 0.3 is 5.97 Å². The van der Waals surface area contributed by atoms with E-state index in [2.05, 4.69) is 10.5 Å². The third-order valence-corrected chi connectivity index (χ3v) is 6.34. The second-order valence-corrected chi connectivity index (χ2v) is 8.62. The average Bonchev–Trinajstić information content (AvgIpc) is 2.83. The third-order valence-electron chi connectivity index (χ3n) is 4.52. The number of carbonyl (C=O) groups is 2. The van der Waals surface area contributed by atoms with Crippen LogP contribution in [-0.2, 0) is 14.8 Å². The molecule has 0 bridgehead atoms. The zero-order valence-electron chi connectivity index (χ0n) is 17.4. The lowest BCUT2D eigenvalue weighted by Crippen LogP contribution is -2.39. The molecular formula is C22H18N4O7S. The first kappa shape index (κ1) is 24.1. The fraction of sp³-hybridized carbons (Fsp3) is 0.0455. The van der Waals surface area contributed by atoms with Crippen LogP contribution in [0, 0.1) is 10.1 Å². The van der Waals surface area contributed by atoms with E-state index >= 15 is 0 Å². The number of nitro groups is 1. The standard InChI is InChI=1S/C22H18N4O7S/c27-21(24-23-14-16-10-12-17(13-11-16)22(28)29)15-25(18-6-2-1-3-7-18)34(32,33)20-9-5-4-8-19(20)26(30)31/h1-14H,15H2,(H,24,27)(H,28,29)/b23-14+. The summed E-state index contributed by atoms with van der Waals surface area (Å²) in [5, 5.41) is 24.1.